The van der Waals surface area contributed by atoms with Crippen LogP contribution in [0.15, 0.2) is 0 Å². The summed E-state index contributed by atoms with van der Waals surface area (Å²) < 4.78 is 6.56. The third-order valence-corrected chi connectivity index (χ3v) is 13.0. The van der Waals surface area contributed by atoms with Gasteiger partial charge in [0, 0.05) is 6.61 Å². The van der Waals surface area contributed by atoms with Crippen LogP contribution in [-0.4, -0.2) is 90.0 Å². The van der Waals surface area contributed by atoms with Crippen molar-refractivity contribution in [3.05, 3.63) is 0 Å². The fourth-order valence-corrected chi connectivity index (χ4v) is 9.44. The lowest BCUT2D eigenvalue weighted by Gasteiger charge is -2.39. The van der Waals surface area contributed by atoms with Gasteiger partial charge < -0.3 is 19.1 Å². The van der Waals surface area contributed by atoms with Gasteiger partial charge in [-0.2, -0.15) is 0 Å². The zero-order chi connectivity index (χ0) is 26.6. The van der Waals surface area contributed by atoms with Gasteiger partial charge in [-0.3, -0.25) is 0 Å². The van der Waals surface area contributed by atoms with E-state index < -0.39 is 8.32 Å². The third kappa shape index (κ3) is 15.8. The van der Waals surface area contributed by atoms with Crippen LogP contribution in [-0.2, 0) is 4.43 Å². The van der Waals surface area contributed by atoms with Gasteiger partial charge in [0.05, 0.1) is 0 Å². The molecule has 0 aliphatic rings. The summed E-state index contributed by atoms with van der Waals surface area (Å²) in [6.45, 7) is 22.2. The molecule has 0 saturated carbocycles. The Bertz CT molecular complexity index is 427. The van der Waals surface area contributed by atoms with Crippen LogP contribution in [0.1, 0.15) is 106 Å². The molecule has 0 spiro atoms. The Hall–Kier alpha value is 0.0569. The van der Waals surface area contributed by atoms with Crippen molar-refractivity contribution in [2.75, 3.05) is 67.0 Å². The topological polar surface area (TPSA) is 19.0 Å². The first kappa shape index (κ1) is 35.1. The van der Waals surface area contributed by atoms with Crippen LogP contribution in [0.5, 0.6) is 0 Å². The molecule has 0 saturated heterocycles. The molecule has 0 aromatic heterocycles. The second-order valence-corrected chi connectivity index (χ2v) is 16.1. The molecule has 0 aromatic carbocycles. The van der Waals surface area contributed by atoms with Crippen molar-refractivity contribution < 1.29 is 4.43 Å². The maximum absolute atomic E-state index is 6.56. The highest BCUT2D eigenvalue weighted by Crippen LogP contribution is 2.43. The van der Waals surface area contributed by atoms with Crippen LogP contribution in [0.3, 0.4) is 0 Å². The molecule has 0 radical (unpaired) electrons. The predicted molar refractivity (Wildman–Crippen MR) is 161 cm³/mol. The molecule has 0 rings (SSSR count). The van der Waals surface area contributed by atoms with Gasteiger partial charge in [-0.1, -0.05) is 34.6 Å². The van der Waals surface area contributed by atoms with Gasteiger partial charge in [0.2, 0.25) is 0 Å². The first-order valence-electron chi connectivity index (χ1n) is 15.4. The third-order valence-electron chi connectivity index (χ3n) is 8.41. The highest BCUT2D eigenvalue weighted by atomic mass is 28.4. The Morgan fingerprint density at radius 2 is 0.914 bits per heavy atom. The number of hydrogen-bond donors (Lipinski definition) is 0. The van der Waals surface area contributed by atoms with Gasteiger partial charge in [0.25, 0.3) is 0 Å². The molecule has 5 heteroatoms. The second-order valence-electron chi connectivity index (χ2n) is 11.5. The summed E-state index contributed by atoms with van der Waals surface area (Å²) in [6, 6.07) is 3.89. The quantitative estimate of drug-likeness (QED) is 0.116. The molecule has 0 aliphatic heterocycles. The Balaban J connectivity index is 5.58. The van der Waals surface area contributed by atoms with Gasteiger partial charge in [-0.05, 0) is 155 Å². The molecule has 0 amide bonds. The molecule has 0 heterocycles. The summed E-state index contributed by atoms with van der Waals surface area (Å²) in [6.07, 6.45) is 13.3. The largest absolute Gasteiger partial charge is 0.417 e. The van der Waals surface area contributed by atoms with E-state index in [1.165, 1.54) is 122 Å². The van der Waals surface area contributed by atoms with Crippen molar-refractivity contribution in [2.45, 2.75) is 124 Å². The van der Waals surface area contributed by atoms with Crippen LogP contribution in [0.2, 0.25) is 18.1 Å². The van der Waals surface area contributed by atoms with E-state index in [1.807, 2.05) is 0 Å². The molecule has 0 aliphatic carbocycles. The predicted octanol–water partition coefficient (Wildman–Crippen LogP) is 7.75. The molecule has 0 aromatic rings. The minimum atomic E-state index is -1.61. The first-order valence-corrected chi connectivity index (χ1v) is 18.0. The lowest BCUT2D eigenvalue weighted by Crippen LogP contribution is -2.39. The maximum atomic E-state index is 6.56. The molecule has 0 fully saturated rings. The summed E-state index contributed by atoms with van der Waals surface area (Å²) in [5, 5.41) is 0. The van der Waals surface area contributed by atoms with E-state index >= 15 is 0 Å². The zero-order valence-corrected chi connectivity index (χ0v) is 26.9. The van der Waals surface area contributed by atoms with E-state index in [0.29, 0.717) is 5.41 Å². The highest BCUT2D eigenvalue weighted by Gasteiger charge is 2.36. The van der Waals surface area contributed by atoms with Gasteiger partial charge in [0.1, 0.15) is 0 Å². The van der Waals surface area contributed by atoms with E-state index in [0.717, 1.165) is 6.61 Å². The Morgan fingerprint density at radius 3 is 1.20 bits per heavy atom. The number of nitrogens with zero attached hydrogens (tertiary/aromatic N) is 3. The molecular formula is C30H67N3OSi. The van der Waals surface area contributed by atoms with Crippen LogP contribution >= 0.6 is 0 Å². The van der Waals surface area contributed by atoms with Gasteiger partial charge in [-0.25, -0.2) is 0 Å². The molecular weight excluding hydrogens is 446 g/mol. The van der Waals surface area contributed by atoms with Gasteiger partial charge in [0.15, 0.2) is 8.32 Å². The first-order chi connectivity index (χ1) is 16.8. The number of rotatable bonds is 25. The van der Waals surface area contributed by atoms with E-state index in [-0.39, 0.29) is 0 Å². The molecule has 0 atom stereocenters. The Labute approximate surface area is 223 Å². The summed E-state index contributed by atoms with van der Waals surface area (Å²) in [7, 11) is 5.33. The summed E-state index contributed by atoms with van der Waals surface area (Å²) in [5.41, 5.74) is 0.479. The highest BCUT2D eigenvalue weighted by molar-refractivity contribution is 6.73. The minimum absolute atomic E-state index is 0.479. The van der Waals surface area contributed by atoms with Crippen molar-refractivity contribution >= 4 is 8.32 Å². The SMILES string of the molecule is CCCN(C)CCCC(CCCN(C)CCC)(CCCN(C)CCC)CC[Si](CC)(CC)OCC. The lowest BCUT2D eigenvalue weighted by atomic mass is 9.73. The van der Waals surface area contributed by atoms with Crippen molar-refractivity contribution in [2.24, 2.45) is 5.41 Å². The smallest absolute Gasteiger partial charge is 0.192 e. The van der Waals surface area contributed by atoms with Crippen molar-refractivity contribution in [3.8, 4) is 0 Å². The monoisotopic (exact) mass is 514 g/mol. The lowest BCUT2D eigenvalue weighted by molar-refractivity contribution is 0.160. The van der Waals surface area contributed by atoms with Crippen molar-refractivity contribution in [3.63, 3.8) is 0 Å². The minimum Gasteiger partial charge on any atom is -0.417 e. The standard InChI is InChI=1S/C30H67N3OSi/c1-10-23-31(7)26-16-19-30(20-17-27-32(8)24-11-2,21-18-28-33(9)25-12-3)22-29-35(14-5,15-6)34-13-4/h10-29H2,1-9H3. The van der Waals surface area contributed by atoms with Crippen LogP contribution in [0.25, 0.3) is 0 Å². The zero-order valence-electron chi connectivity index (χ0n) is 25.9. The van der Waals surface area contributed by atoms with Crippen LogP contribution < -0.4 is 0 Å². The van der Waals surface area contributed by atoms with Crippen molar-refractivity contribution in [1.29, 1.82) is 0 Å². The Kier molecular flexibility index (Phi) is 21.1. The molecule has 35 heavy (non-hydrogen) atoms. The maximum Gasteiger partial charge on any atom is 0.192 e. The van der Waals surface area contributed by atoms with E-state index in [9.17, 15) is 0 Å². The van der Waals surface area contributed by atoms with Crippen LogP contribution in [0.4, 0.5) is 0 Å². The Morgan fingerprint density at radius 1 is 0.543 bits per heavy atom. The van der Waals surface area contributed by atoms with Crippen molar-refractivity contribution in [1.82, 2.24) is 14.7 Å². The van der Waals surface area contributed by atoms with Gasteiger partial charge >= 0.3 is 0 Å². The molecule has 0 N–H and O–H groups in total. The fraction of sp³-hybridized carbons (Fsp3) is 1.00. The molecule has 4 nitrogen and oxygen atoms in total. The molecule has 0 bridgehead atoms. The van der Waals surface area contributed by atoms with E-state index in [1.54, 1.807) is 0 Å². The second kappa shape index (κ2) is 21.0. The summed E-state index contributed by atoms with van der Waals surface area (Å²) in [5.74, 6) is 0. The summed E-state index contributed by atoms with van der Waals surface area (Å²) in [4.78, 5) is 7.64. The van der Waals surface area contributed by atoms with Gasteiger partial charge in [-0.15, -0.1) is 0 Å². The van der Waals surface area contributed by atoms with E-state index in [4.69, 9.17) is 4.43 Å². The average molecular weight is 514 g/mol. The fourth-order valence-electron chi connectivity index (χ4n) is 6.08. The van der Waals surface area contributed by atoms with E-state index in [2.05, 4.69) is 77.4 Å². The summed E-state index contributed by atoms with van der Waals surface area (Å²) >= 11 is 0. The normalized spacial score (nSPS) is 13.0. The van der Waals surface area contributed by atoms with Crippen LogP contribution in [0, 0.1) is 5.41 Å². The number of hydrogen-bond acceptors (Lipinski definition) is 4. The molecule has 212 valence electrons. The average Bonchev–Trinajstić information content (AvgIpc) is 2.82. The molecule has 0 unspecified atom stereocenters.